The van der Waals surface area contributed by atoms with Crippen LogP contribution in [-0.2, 0) is 22.0 Å². The molecular weight excluding hydrogens is 418 g/mol. The second-order valence-corrected chi connectivity index (χ2v) is 9.60. The van der Waals surface area contributed by atoms with Crippen molar-refractivity contribution in [2.24, 2.45) is 5.92 Å². The van der Waals surface area contributed by atoms with Crippen molar-refractivity contribution in [3.8, 4) is 11.5 Å². The predicted molar refractivity (Wildman–Crippen MR) is 119 cm³/mol. The van der Waals surface area contributed by atoms with Crippen LogP contribution in [0.1, 0.15) is 30.7 Å². The van der Waals surface area contributed by atoms with Crippen molar-refractivity contribution < 1.29 is 13.7 Å². The van der Waals surface area contributed by atoms with Gasteiger partial charge in [-0.25, -0.2) is 4.98 Å². The summed E-state index contributed by atoms with van der Waals surface area (Å²) in [5, 5.41) is 4.04. The Morgan fingerprint density at radius 2 is 2.03 bits per heavy atom. The van der Waals surface area contributed by atoms with Gasteiger partial charge in [0.1, 0.15) is 23.1 Å². The fourth-order valence-electron chi connectivity index (χ4n) is 3.59. The lowest BCUT2D eigenvalue weighted by molar-refractivity contribution is -0.117. The highest BCUT2D eigenvalue weighted by Crippen LogP contribution is 2.34. The minimum atomic E-state index is -1.02. The number of benzene rings is 2. The van der Waals surface area contributed by atoms with E-state index < -0.39 is 10.8 Å². The number of aryl methyl sites for hydroxylation is 1. The van der Waals surface area contributed by atoms with Gasteiger partial charge in [-0.05, 0) is 73.7 Å². The van der Waals surface area contributed by atoms with E-state index in [1.807, 2.05) is 43.3 Å². The predicted octanol–water partition coefficient (Wildman–Crippen LogP) is 5.03. The van der Waals surface area contributed by atoms with Crippen molar-refractivity contribution in [1.82, 2.24) is 9.36 Å². The second-order valence-electron chi connectivity index (χ2n) is 7.47. The van der Waals surface area contributed by atoms with Gasteiger partial charge in [-0.1, -0.05) is 0 Å². The van der Waals surface area contributed by atoms with Crippen molar-refractivity contribution in [3.05, 3.63) is 53.9 Å². The summed E-state index contributed by atoms with van der Waals surface area (Å²) in [5.74, 6) is 2.86. The SMILES string of the molecule is Cc1nsc(Nc2ccc(Oc3ccc(S(C)=O)cc3)c(CC3CCC(=O)C3)c2)n1. The van der Waals surface area contributed by atoms with Gasteiger partial charge in [0.15, 0.2) is 0 Å². The van der Waals surface area contributed by atoms with Gasteiger partial charge in [-0.3, -0.25) is 9.00 Å². The zero-order chi connectivity index (χ0) is 21.1. The highest BCUT2D eigenvalue weighted by molar-refractivity contribution is 7.84. The molecule has 1 N–H and O–H groups in total. The number of aromatic nitrogens is 2. The van der Waals surface area contributed by atoms with Crippen LogP contribution in [0.4, 0.5) is 10.8 Å². The van der Waals surface area contributed by atoms with E-state index >= 15 is 0 Å². The average Bonchev–Trinajstić information content (AvgIpc) is 3.32. The van der Waals surface area contributed by atoms with Crippen LogP contribution in [-0.4, -0.2) is 25.6 Å². The molecule has 1 aromatic heterocycles. The summed E-state index contributed by atoms with van der Waals surface area (Å²) in [5.41, 5.74) is 1.96. The Morgan fingerprint density at radius 3 is 2.67 bits per heavy atom. The Morgan fingerprint density at radius 1 is 1.23 bits per heavy atom. The van der Waals surface area contributed by atoms with E-state index in [0.717, 1.165) is 45.7 Å². The molecule has 3 aromatic rings. The molecule has 2 atom stereocenters. The Labute approximate surface area is 182 Å². The topological polar surface area (TPSA) is 81.2 Å². The lowest BCUT2D eigenvalue weighted by Gasteiger charge is -2.16. The fraction of sp³-hybridized carbons (Fsp3) is 0.318. The molecule has 4 rings (SSSR count). The summed E-state index contributed by atoms with van der Waals surface area (Å²) in [6.45, 7) is 1.86. The molecule has 0 bridgehead atoms. The highest BCUT2D eigenvalue weighted by atomic mass is 32.2. The molecule has 1 heterocycles. The van der Waals surface area contributed by atoms with Crippen molar-refractivity contribution in [3.63, 3.8) is 0 Å². The third kappa shape index (κ3) is 5.12. The lowest BCUT2D eigenvalue weighted by Crippen LogP contribution is -2.03. The number of hydrogen-bond acceptors (Lipinski definition) is 7. The Bertz CT molecular complexity index is 1080. The lowest BCUT2D eigenvalue weighted by atomic mass is 9.97. The highest BCUT2D eigenvalue weighted by Gasteiger charge is 2.23. The van der Waals surface area contributed by atoms with Crippen LogP contribution >= 0.6 is 11.5 Å². The van der Waals surface area contributed by atoms with Crippen molar-refractivity contribution in [2.75, 3.05) is 11.6 Å². The molecule has 1 saturated carbocycles. The molecule has 1 aliphatic rings. The largest absolute Gasteiger partial charge is 0.457 e. The summed E-state index contributed by atoms with van der Waals surface area (Å²) in [6.07, 6.45) is 4.65. The zero-order valence-electron chi connectivity index (χ0n) is 16.9. The molecule has 0 amide bonds. The van der Waals surface area contributed by atoms with Gasteiger partial charge in [-0.2, -0.15) is 4.37 Å². The first kappa shape index (κ1) is 20.7. The Balaban J connectivity index is 1.58. The fourth-order valence-corrected chi connectivity index (χ4v) is 4.71. The van der Waals surface area contributed by atoms with Gasteiger partial charge in [0, 0.05) is 52.0 Å². The van der Waals surface area contributed by atoms with Crippen molar-refractivity contribution >= 4 is 38.9 Å². The molecule has 0 aliphatic heterocycles. The number of rotatable bonds is 7. The van der Waals surface area contributed by atoms with E-state index in [1.54, 1.807) is 6.26 Å². The van der Waals surface area contributed by atoms with Crippen LogP contribution in [0.3, 0.4) is 0 Å². The first-order valence-electron chi connectivity index (χ1n) is 9.79. The quantitative estimate of drug-likeness (QED) is 0.554. The van der Waals surface area contributed by atoms with Gasteiger partial charge in [0.2, 0.25) is 5.13 Å². The standard InChI is InChI=1S/C22H23N3O3S2/c1-14-23-22(29-25-14)24-17-4-10-21(16(13-17)11-15-3-5-18(26)12-15)28-19-6-8-20(9-7-19)30(2)27/h4,6-10,13,15H,3,5,11-12H2,1-2H3,(H,23,24,25). The molecule has 0 saturated heterocycles. The maximum absolute atomic E-state index is 11.7. The minimum Gasteiger partial charge on any atom is -0.457 e. The molecule has 8 heteroatoms. The smallest absolute Gasteiger partial charge is 0.207 e. The second kappa shape index (κ2) is 9.06. The number of ketones is 1. The van der Waals surface area contributed by atoms with Crippen molar-refractivity contribution in [2.45, 2.75) is 37.5 Å². The van der Waals surface area contributed by atoms with Crippen LogP contribution in [0.5, 0.6) is 11.5 Å². The van der Waals surface area contributed by atoms with E-state index in [9.17, 15) is 9.00 Å². The first-order chi connectivity index (χ1) is 14.5. The zero-order valence-corrected chi connectivity index (χ0v) is 18.5. The first-order valence-corrected chi connectivity index (χ1v) is 12.1. The molecule has 0 radical (unpaired) electrons. The van der Waals surface area contributed by atoms with Crippen LogP contribution in [0.15, 0.2) is 47.4 Å². The third-order valence-corrected chi connectivity index (χ3v) is 6.74. The summed E-state index contributed by atoms with van der Waals surface area (Å²) in [7, 11) is -1.02. The summed E-state index contributed by atoms with van der Waals surface area (Å²) in [4.78, 5) is 16.9. The maximum atomic E-state index is 11.7. The number of hydrogen-bond donors (Lipinski definition) is 1. The Hall–Kier alpha value is -2.58. The molecule has 2 unspecified atom stereocenters. The van der Waals surface area contributed by atoms with Crippen molar-refractivity contribution in [1.29, 1.82) is 0 Å². The molecule has 0 spiro atoms. The number of anilines is 2. The van der Waals surface area contributed by atoms with E-state index in [0.29, 0.717) is 30.3 Å². The number of ether oxygens (including phenoxy) is 1. The normalized spacial score (nSPS) is 17.1. The number of carbonyl (C=O) groups is 1. The average molecular weight is 442 g/mol. The number of carbonyl (C=O) groups excluding carboxylic acids is 1. The van der Waals surface area contributed by atoms with E-state index in [1.165, 1.54) is 11.5 Å². The summed E-state index contributed by atoms with van der Waals surface area (Å²) in [6, 6.07) is 13.2. The van der Waals surface area contributed by atoms with Gasteiger partial charge < -0.3 is 10.1 Å². The number of nitrogens with zero attached hydrogens (tertiary/aromatic N) is 2. The monoisotopic (exact) mass is 441 g/mol. The molecule has 1 fully saturated rings. The molecule has 1 aliphatic carbocycles. The van der Waals surface area contributed by atoms with E-state index in [2.05, 4.69) is 20.7 Å². The molecule has 156 valence electrons. The molecular formula is C22H23N3O3S2. The minimum absolute atomic E-state index is 0.337. The third-order valence-electron chi connectivity index (χ3n) is 5.08. The summed E-state index contributed by atoms with van der Waals surface area (Å²) >= 11 is 1.32. The molecule has 6 nitrogen and oxygen atoms in total. The molecule has 2 aromatic carbocycles. The van der Waals surface area contributed by atoms with E-state index in [-0.39, 0.29) is 0 Å². The van der Waals surface area contributed by atoms with Crippen LogP contribution in [0, 0.1) is 12.8 Å². The van der Waals surface area contributed by atoms with Gasteiger partial charge in [-0.15, -0.1) is 0 Å². The maximum Gasteiger partial charge on any atom is 0.207 e. The number of Topliss-reactive ketones (excluding diaryl/α,β-unsaturated/α-hetero) is 1. The van der Waals surface area contributed by atoms with Crippen LogP contribution in [0.25, 0.3) is 0 Å². The Kier molecular flexibility index (Phi) is 6.24. The van der Waals surface area contributed by atoms with Gasteiger partial charge in [0.05, 0.1) is 0 Å². The summed E-state index contributed by atoms with van der Waals surface area (Å²) < 4.78 is 22.0. The van der Waals surface area contributed by atoms with Gasteiger partial charge in [0.25, 0.3) is 0 Å². The van der Waals surface area contributed by atoms with Gasteiger partial charge >= 0.3 is 0 Å². The van der Waals surface area contributed by atoms with Crippen LogP contribution < -0.4 is 10.1 Å². The van der Waals surface area contributed by atoms with E-state index in [4.69, 9.17) is 4.74 Å². The number of nitrogens with one attached hydrogen (secondary N) is 1. The van der Waals surface area contributed by atoms with Crippen LogP contribution in [0.2, 0.25) is 0 Å². The molecule has 30 heavy (non-hydrogen) atoms.